The van der Waals surface area contributed by atoms with Gasteiger partial charge in [-0.3, -0.25) is 9.63 Å². The summed E-state index contributed by atoms with van der Waals surface area (Å²) in [6.45, 7) is 3.58. The summed E-state index contributed by atoms with van der Waals surface area (Å²) in [6, 6.07) is -0.893. The second-order valence-corrected chi connectivity index (χ2v) is 12.9. The minimum Gasteiger partial charge on any atom is -0.461 e. The number of hydrogen-bond acceptors (Lipinski definition) is 15. The van der Waals surface area contributed by atoms with Crippen LogP contribution < -0.4 is 21.9 Å². The molecule has 7 N–H and O–H groups in total. The van der Waals surface area contributed by atoms with E-state index < -0.39 is 28.2 Å². The summed E-state index contributed by atoms with van der Waals surface area (Å²) >= 11 is 0.892. The molecule has 2 heterocycles. The quantitative estimate of drug-likeness (QED) is 0.0864. The number of oxime groups is 1. The van der Waals surface area contributed by atoms with E-state index in [4.69, 9.17) is 35.4 Å². The lowest BCUT2D eigenvalue weighted by Gasteiger charge is -2.24. The second-order valence-electron chi connectivity index (χ2n) is 10.2. The van der Waals surface area contributed by atoms with Crippen molar-refractivity contribution >= 4 is 45.1 Å². The zero-order valence-corrected chi connectivity index (χ0v) is 26.3. The maximum absolute atomic E-state index is 12.5. The first-order chi connectivity index (χ1) is 21.0. The van der Waals surface area contributed by atoms with Crippen molar-refractivity contribution in [3.8, 4) is 10.8 Å². The lowest BCUT2D eigenvalue weighted by atomic mass is 9.81. The van der Waals surface area contributed by atoms with Gasteiger partial charge in [0.05, 0.1) is 10.6 Å². The molecule has 0 radical (unpaired) electrons. The fourth-order valence-corrected chi connectivity index (χ4v) is 7.00. The molecule has 0 fully saturated rings. The smallest absolute Gasteiger partial charge is 0.461 e. The summed E-state index contributed by atoms with van der Waals surface area (Å²) in [5, 5.41) is 15.9. The summed E-state index contributed by atoms with van der Waals surface area (Å²) in [7, 11) is -4.19. The fraction of sp³-hybridized carbons (Fsp3) is 0.615. The number of aromatic nitrogens is 2. The zero-order chi connectivity index (χ0) is 32.3. The molecule has 0 spiro atoms. The Kier molecular flexibility index (Phi) is 13.2. The van der Waals surface area contributed by atoms with Gasteiger partial charge in [-0.1, -0.05) is 30.1 Å². The van der Waals surface area contributed by atoms with Gasteiger partial charge in [-0.05, 0) is 57.1 Å². The highest BCUT2D eigenvalue weighted by Gasteiger charge is 2.36. The van der Waals surface area contributed by atoms with Crippen LogP contribution in [0.5, 0.6) is 0 Å². The van der Waals surface area contributed by atoms with Gasteiger partial charge >= 0.3 is 12.1 Å². The van der Waals surface area contributed by atoms with Crippen LogP contribution in [0.15, 0.2) is 13.9 Å². The molecule has 2 atom stereocenters. The highest BCUT2D eigenvalue weighted by atomic mass is 32.2. The summed E-state index contributed by atoms with van der Waals surface area (Å²) in [5.74, 6) is -0.473. The second kappa shape index (κ2) is 16.6. The van der Waals surface area contributed by atoms with Crippen molar-refractivity contribution in [1.29, 1.82) is 0 Å². The van der Waals surface area contributed by atoms with Crippen LogP contribution in [0.3, 0.4) is 0 Å². The number of nitrogens with two attached hydrogens (primary N) is 3. The third kappa shape index (κ3) is 9.78. The fourth-order valence-electron chi connectivity index (χ4n) is 4.75. The number of unbranched alkanes of at least 4 members (excludes halogenated alkanes) is 1. The van der Waals surface area contributed by atoms with E-state index in [1.54, 1.807) is 6.92 Å². The number of nitrogens with zero attached hydrogens (tertiary/aromatic N) is 3. The highest BCUT2D eigenvalue weighted by molar-refractivity contribution is 7.91. The number of fused-ring (bicyclic) bond motifs is 1. The van der Waals surface area contributed by atoms with Crippen molar-refractivity contribution in [3.63, 3.8) is 0 Å². The number of carbonyl (C=O) groups excluding carboxylic acids is 3. The number of rotatable bonds is 16. The highest BCUT2D eigenvalue weighted by Crippen LogP contribution is 2.44. The van der Waals surface area contributed by atoms with Crippen LogP contribution in [-0.4, -0.2) is 74.6 Å². The molecule has 1 amide bonds. The molecule has 1 aliphatic rings. The van der Waals surface area contributed by atoms with E-state index in [0.29, 0.717) is 54.9 Å². The molecule has 0 aliphatic heterocycles. The standard InChI is InChI=1S/C26H39N7O9S2/c1-3-6-16-13-17-21(25(44(29,37)38)43-22(17)23-30-15(2)32-41-23)19(14-16)33-42-26(36)40-12-11-39-24(35)18(7-4-5-9-27)31-20(34)8-10-28/h16,18H,3-14,27-28H2,1-2H3,(H,31,34)(H2,29,37,38). The van der Waals surface area contributed by atoms with E-state index in [-0.39, 0.29) is 59.4 Å². The van der Waals surface area contributed by atoms with Crippen molar-refractivity contribution in [1.82, 2.24) is 15.5 Å². The molecule has 244 valence electrons. The van der Waals surface area contributed by atoms with E-state index in [2.05, 4.69) is 20.6 Å². The Morgan fingerprint density at radius 2 is 1.91 bits per heavy atom. The average molecular weight is 658 g/mol. The summed E-state index contributed by atoms with van der Waals surface area (Å²) in [4.78, 5) is 46.5. The van der Waals surface area contributed by atoms with Crippen molar-refractivity contribution in [2.45, 2.75) is 75.5 Å². The molecule has 0 saturated heterocycles. The molecule has 2 unspecified atom stereocenters. The molecule has 3 rings (SSSR count). The Morgan fingerprint density at radius 1 is 1.16 bits per heavy atom. The molecule has 0 bridgehead atoms. The van der Waals surface area contributed by atoms with Crippen molar-refractivity contribution in [2.24, 2.45) is 27.7 Å². The first-order valence-electron chi connectivity index (χ1n) is 14.2. The first-order valence-corrected chi connectivity index (χ1v) is 16.6. The number of carbonyl (C=O) groups is 3. The van der Waals surface area contributed by atoms with Crippen molar-refractivity contribution in [3.05, 3.63) is 17.0 Å². The Bertz CT molecular complexity index is 1440. The zero-order valence-electron chi connectivity index (χ0n) is 24.7. The summed E-state index contributed by atoms with van der Waals surface area (Å²) in [5.41, 5.74) is 12.0. The molecule has 0 saturated carbocycles. The van der Waals surface area contributed by atoms with Crippen LogP contribution in [-0.2, 0) is 40.3 Å². The van der Waals surface area contributed by atoms with Crippen molar-refractivity contribution in [2.75, 3.05) is 26.3 Å². The van der Waals surface area contributed by atoms with Crippen LogP contribution in [0, 0.1) is 12.8 Å². The Hall–Kier alpha value is -3.45. The summed E-state index contributed by atoms with van der Waals surface area (Å²) < 4.78 is 40.4. The molecule has 44 heavy (non-hydrogen) atoms. The van der Waals surface area contributed by atoms with E-state index in [1.807, 2.05) is 6.92 Å². The van der Waals surface area contributed by atoms with Gasteiger partial charge in [0.25, 0.3) is 5.89 Å². The van der Waals surface area contributed by atoms with Crippen LogP contribution in [0.1, 0.15) is 68.8 Å². The number of esters is 1. The predicted octanol–water partition coefficient (Wildman–Crippen LogP) is 1.48. The number of sulfonamides is 1. The van der Waals surface area contributed by atoms with Gasteiger partial charge in [-0.15, -0.1) is 11.3 Å². The van der Waals surface area contributed by atoms with Gasteiger partial charge in [0.1, 0.15) is 23.5 Å². The third-order valence-corrected chi connectivity index (χ3v) is 9.31. The van der Waals surface area contributed by atoms with Crippen LogP contribution in [0.2, 0.25) is 0 Å². The molecule has 2 aromatic rings. The first kappa shape index (κ1) is 35.0. The van der Waals surface area contributed by atoms with E-state index >= 15 is 0 Å². The Labute approximate surface area is 259 Å². The number of hydrogen-bond donors (Lipinski definition) is 4. The molecule has 0 aromatic carbocycles. The van der Waals surface area contributed by atoms with Gasteiger partial charge in [0, 0.05) is 18.5 Å². The van der Waals surface area contributed by atoms with Gasteiger partial charge in [-0.2, -0.15) is 4.98 Å². The Balaban J connectivity index is 1.68. The van der Waals surface area contributed by atoms with Gasteiger partial charge in [0.2, 0.25) is 15.9 Å². The molecule has 2 aromatic heterocycles. The molecular formula is C26H39N7O9S2. The number of aryl methyl sites for hydroxylation is 1. The van der Waals surface area contributed by atoms with Crippen LogP contribution >= 0.6 is 11.3 Å². The topological polar surface area (TPSA) is 254 Å². The minimum absolute atomic E-state index is 0.0564. The van der Waals surface area contributed by atoms with Gasteiger partial charge in [0.15, 0.2) is 5.82 Å². The molecular weight excluding hydrogens is 618 g/mol. The normalized spacial score (nSPS) is 16.3. The van der Waals surface area contributed by atoms with Crippen LogP contribution in [0.4, 0.5) is 4.79 Å². The molecule has 18 heteroatoms. The monoisotopic (exact) mass is 657 g/mol. The average Bonchev–Trinajstić information content (AvgIpc) is 3.57. The van der Waals surface area contributed by atoms with E-state index in [9.17, 15) is 22.8 Å². The number of nitrogens with one attached hydrogen (secondary N) is 1. The van der Waals surface area contributed by atoms with E-state index in [0.717, 1.165) is 24.2 Å². The number of ether oxygens (including phenoxy) is 2. The third-order valence-electron chi connectivity index (χ3n) is 6.63. The minimum atomic E-state index is -4.19. The maximum Gasteiger partial charge on any atom is 0.535 e. The lowest BCUT2D eigenvalue weighted by Crippen LogP contribution is -2.42. The maximum atomic E-state index is 12.5. The lowest BCUT2D eigenvalue weighted by molar-refractivity contribution is -0.149. The molecule has 1 aliphatic carbocycles. The number of amides is 1. The van der Waals surface area contributed by atoms with Crippen LogP contribution in [0.25, 0.3) is 10.8 Å². The number of thiophene rings is 1. The van der Waals surface area contributed by atoms with Crippen molar-refractivity contribution < 1.29 is 41.6 Å². The summed E-state index contributed by atoms with van der Waals surface area (Å²) in [6.07, 6.45) is 2.95. The van der Waals surface area contributed by atoms with E-state index in [1.165, 1.54) is 0 Å². The Morgan fingerprint density at radius 3 is 2.55 bits per heavy atom. The van der Waals surface area contributed by atoms with Gasteiger partial charge < -0.3 is 30.8 Å². The SMILES string of the molecule is CCCC1CC(=NOC(=O)OCCOC(=O)C(CCCCN)NC(=O)CCN)c2c(S(N)(=O)=O)sc(-c3nc(C)no3)c2C1. The predicted molar refractivity (Wildman–Crippen MR) is 159 cm³/mol. The van der Waals surface area contributed by atoms with Gasteiger partial charge in [-0.25, -0.2) is 23.1 Å². The molecule has 16 nitrogen and oxygen atoms in total. The number of primary sulfonamides is 1. The largest absolute Gasteiger partial charge is 0.535 e.